The average molecular weight is 149 g/mol. The normalized spacial score (nSPS) is 16.8. The molecule has 0 aromatic carbocycles. The zero-order chi connectivity index (χ0) is 7.44. The van der Waals surface area contributed by atoms with Crippen LogP contribution in [0.25, 0.3) is 0 Å². The standard InChI is InChI=1S/C5H11NO2S/c1-4(6)5(7)3-9(2)8/h4H,3,6H2,1-2H3/t4-,9?/m0/s1. The fourth-order valence-electron chi connectivity index (χ4n) is 0.332. The minimum Gasteiger partial charge on any atom is -0.322 e. The Balaban J connectivity index is 3.64. The van der Waals surface area contributed by atoms with Crippen molar-refractivity contribution in [2.75, 3.05) is 12.0 Å². The molecule has 0 aliphatic rings. The van der Waals surface area contributed by atoms with Gasteiger partial charge in [0.2, 0.25) is 0 Å². The molecule has 0 saturated heterocycles. The molecule has 0 bridgehead atoms. The first kappa shape index (κ1) is 8.78. The maximum atomic E-state index is 10.6. The van der Waals surface area contributed by atoms with E-state index < -0.39 is 16.8 Å². The van der Waals surface area contributed by atoms with Crippen LogP contribution in [0.5, 0.6) is 0 Å². The molecule has 0 heterocycles. The van der Waals surface area contributed by atoms with E-state index in [2.05, 4.69) is 0 Å². The predicted molar refractivity (Wildman–Crippen MR) is 37.6 cm³/mol. The van der Waals surface area contributed by atoms with Crippen molar-refractivity contribution in [3.05, 3.63) is 0 Å². The third-order valence-electron chi connectivity index (χ3n) is 0.853. The van der Waals surface area contributed by atoms with E-state index >= 15 is 0 Å². The topological polar surface area (TPSA) is 60.2 Å². The highest BCUT2D eigenvalue weighted by atomic mass is 32.2. The fourth-order valence-corrected chi connectivity index (χ4v) is 0.995. The molecule has 0 spiro atoms. The molecule has 0 aromatic heterocycles. The molecule has 0 aliphatic carbocycles. The van der Waals surface area contributed by atoms with Crippen molar-refractivity contribution in [1.29, 1.82) is 0 Å². The average Bonchev–Trinajstić information content (AvgIpc) is 1.63. The Kier molecular flexibility index (Phi) is 3.65. The lowest BCUT2D eigenvalue weighted by Gasteiger charge is -1.99. The number of carbonyl (C=O) groups is 1. The summed E-state index contributed by atoms with van der Waals surface area (Å²) in [6.45, 7) is 1.59. The Labute approximate surface area is 57.1 Å². The number of nitrogens with two attached hydrogens (primary N) is 1. The third-order valence-corrected chi connectivity index (χ3v) is 1.54. The SMILES string of the molecule is C[C@H](N)C(=O)CS(C)=O. The first-order valence-corrected chi connectivity index (χ1v) is 4.35. The van der Waals surface area contributed by atoms with Gasteiger partial charge in [-0.05, 0) is 6.92 Å². The zero-order valence-corrected chi connectivity index (χ0v) is 6.40. The molecule has 0 fully saturated rings. The van der Waals surface area contributed by atoms with Crippen LogP contribution in [0, 0.1) is 0 Å². The van der Waals surface area contributed by atoms with Gasteiger partial charge in [0.1, 0.15) is 0 Å². The molecule has 0 radical (unpaired) electrons. The van der Waals surface area contributed by atoms with E-state index in [1.165, 1.54) is 6.26 Å². The Hall–Kier alpha value is -0.220. The monoisotopic (exact) mass is 149 g/mol. The van der Waals surface area contributed by atoms with Crippen LogP contribution in [0.15, 0.2) is 0 Å². The van der Waals surface area contributed by atoms with Crippen molar-refractivity contribution in [2.24, 2.45) is 5.73 Å². The summed E-state index contributed by atoms with van der Waals surface area (Å²) in [5.74, 6) is -0.0617. The van der Waals surface area contributed by atoms with Gasteiger partial charge in [-0.3, -0.25) is 9.00 Å². The number of carbonyl (C=O) groups excluding carboxylic acids is 1. The van der Waals surface area contributed by atoms with Gasteiger partial charge in [0.25, 0.3) is 0 Å². The summed E-state index contributed by atoms with van der Waals surface area (Å²) in [6.07, 6.45) is 1.49. The van der Waals surface area contributed by atoms with E-state index in [1.54, 1.807) is 6.92 Å². The predicted octanol–water partition coefficient (Wildman–Crippen LogP) is -0.719. The maximum absolute atomic E-state index is 10.6. The highest BCUT2D eigenvalue weighted by Crippen LogP contribution is 1.82. The zero-order valence-electron chi connectivity index (χ0n) is 5.59. The largest absolute Gasteiger partial charge is 0.322 e. The van der Waals surface area contributed by atoms with Crippen molar-refractivity contribution < 1.29 is 9.00 Å². The lowest BCUT2D eigenvalue weighted by molar-refractivity contribution is -0.117. The van der Waals surface area contributed by atoms with Crippen molar-refractivity contribution in [3.8, 4) is 0 Å². The van der Waals surface area contributed by atoms with Crippen LogP contribution in [0.4, 0.5) is 0 Å². The van der Waals surface area contributed by atoms with Gasteiger partial charge in [0, 0.05) is 17.1 Å². The Morgan fingerprint density at radius 2 is 2.22 bits per heavy atom. The van der Waals surface area contributed by atoms with E-state index in [-0.39, 0.29) is 11.5 Å². The molecule has 9 heavy (non-hydrogen) atoms. The summed E-state index contributed by atoms with van der Waals surface area (Å²) in [5.41, 5.74) is 5.20. The summed E-state index contributed by atoms with van der Waals surface area (Å²) in [6, 6.07) is -0.478. The van der Waals surface area contributed by atoms with Crippen LogP contribution in [-0.2, 0) is 15.6 Å². The van der Waals surface area contributed by atoms with Gasteiger partial charge in [0.05, 0.1) is 11.8 Å². The first-order chi connectivity index (χ1) is 4.04. The Morgan fingerprint density at radius 1 is 1.78 bits per heavy atom. The van der Waals surface area contributed by atoms with Crippen LogP contribution in [0.3, 0.4) is 0 Å². The van der Waals surface area contributed by atoms with Crippen molar-refractivity contribution in [3.63, 3.8) is 0 Å². The molecular formula is C5H11NO2S. The van der Waals surface area contributed by atoms with E-state index in [9.17, 15) is 9.00 Å². The molecule has 3 nitrogen and oxygen atoms in total. The lowest BCUT2D eigenvalue weighted by atomic mass is 10.3. The molecule has 2 atom stereocenters. The molecule has 0 aromatic rings. The second kappa shape index (κ2) is 3.74. The van der Waals surface area contributed by atoms with Crippen molar-refractivity contribution in [2.45, 2.75) is 13.0 Å². The molecule has 0 saturated carbocycles. The highest BCUT2D eigenvalue weighted by Gasteiger charge is 2.07. The molecule has 0 rings (SSSR count). The van der Waals surface area contributed by atoms with Gasteiger partial charge in [-0.2, -0.15) is 0 Å². The molecule has 0 aliphatic heterocycles. The maximum Gasteiger partial charge on any atom is 0.161 e. The number of ketones is 1. The van der Waals surface area contributed by atoms with E-state index in [0.29, 0.717) is 0 Å². The number of hydrogen-bond acceptors (Lipinski definition) is 3. The van der Waals surface area contributed by atoms with Crippen LogP contribution in [-0.4, -0.2) is 28.0 Å². The fraction of sp³-hybridized carbons (Fsp3) is 0.800. The van der Waals surface area contributed by atoms with E-state index in [0.717, 1.165) is 0 Å². The van der Waals surface area contributed by atoms with E-state index in [4.69, 9.17) is 5.73 Å². The summed E-state index contributed by atoms with van der Waals surface area (Å²) in [7, 11) is -1.05. The van der Waals surface area contributed by atoms with Crippen LogP contribution in [0.2, 0.25) is 0 Å². The van der Waals surface area contributed by atoms with Crippen molar-refractivity contribution >= 4 is 16.6 Å². The summed E-state index contributed by atoms with van der Waals surface area (Å²) in [4.78, 5) is 10.6. The summed E-state index contributed by atoms with van der Waals surface area (Å²) in [5, 5.41) is 0. The van der Waals surface area contributed by atoms with Gasteiger partial charge in [-0.25, -0.2) is 0 Å². The van der Waals surface area contributed by atoms with Crippen molar-refractivity contribution in [1.82, 2.24) is 0 Å². The summed E-state index contributed by atoms with van der Waals surface area (Å²) < 4.78 is 10.4. The van der Waals surface area contributed by atoms with Crippen LogP contribution < -0.4 is 5.73 Å². The minimum absolute atomic E-state index is 0.0810. The Morgan fingerprint density at radius 3 is 2.33 bits per heavy atom. The van der Waals surface area contributed by atoms with Gasteiger partial charge < -0.3 is 5.73 Å². The third kappa shape index (κ3) is 4.29. The molecule has 4 heteroatoms. The first-order valence-electron chi connectivity index (χ1n) is 2.62. The second-order valence-corrected chi connectivity index (χ2v) is 3.41. The minimum atomic E-state index is -1.05. The number of rotatable bonds is 3. The van der Waals surface area contributed by atoms with Gasteiger partial charge in [-0.15, -0.1) is 0 Å². The second-order valence-electron chi connectivity index (χ2n) is 1.97. The van der Waals surface area contributed by atoms with Crippen LogP contribution >= 0.6 is 0 Å². The smallest absolute Gasteiger partial charge is 0.161 e. The quantitative estimate of drug-likeness (QED) is 0.576. The van der Waals surface area contributed by atoms with Gasteiger partial charge in [-0.1, -0.05) is 0 Å². The summed E-state index contributed by atoms with van der Waals surface area (Å²) >= 11 is 0. The van der Waals surface area contributed by atoms with E-state index in [1.807, 2.05) is 0 Å². The van der Waals surface area contributed by atoms with Gasteiger partial charge in [0.15, 0.2) is 5.78 Å². The molecule has 2 N–H and O–H groups in total. The molecular weight excluding hydrogens is 138 g/mol. The number of hydrogen-bond donors (Lipinski definition) is 1. The molecule has 0 amide bonds. The molecule has 54 valence electrons. The lowest BCUT2D eigenvalue weighted by Crippen LogP contribution is -2.30. The Bertz CT molecular complexity index is 133. The molecule has 1 unspecified atom stereocenters. The van der Waals surface area contributed by atoms with Crippen LogP contribution in [0.1, 0.15) is 6.92 Å². The van der Waals surface area contributed by atoms with Gasteiger partial charge >= 0.3 is 0 Å². The highest BCUT2D eigenvalue weighted by molar-refractivity contribution is 7.85. The number of Topliss-reactive ketones (excluding diaryl/α,β-unsaturated/α-hetero) is 1.